The third-order valence-electron chi connectivity index (χ3n) is 6.22. The molecule has 1 unspecified atom stereocenters. The van der Waals surface area contributed by atoms with Gasteiger partial charge in [-0.1, -0.05) is 0 Å². The van der Waals surface area contributed by atoms with Crippen molar-refractivity contribution in [3.05, 3.63) is 77.5 Å². The predicted octanol–water partition coefficient (Wildman–Crippen LogP) is 4.33. The van der Waals surface area contributed by atoms with E-state index in [9.17, 15) is 30.4 Å². The lowest BCUT2D eigenvalue weighted by atomic mass is 10.1. The molecular formula is C25H23F5N6O2S. The number of nitrogens with zero attached hydrogens (tertiary/aromatic N) is 2. The van der Waals surface area contributed by atoms with Gasteiger partial charge < -0.3 is 10.6 Å². The maximum Gasteiger partial charge on any atom is 0.411 e. The lowest BCUT2D eigenvalue weighted by Crippen LogP contribution is -2.51. The maximum atomic E-state index is 14.1. The minimum Gasteiger partial charge on any atom is -0.355 e. The summed E-state index contributed by atoms with van der Waals surface area (Å²) in [5.74, 6) is -1.19. The third kappa shape index (κ3) is 6.11. The number of fused-ring (bicyclic) bond motifs is 1. The van der Waals surface area contributed by atoms with Crippen LogP contribution in [0.2, 0.25) is 0 Å². The molecule has 1 fully saturated rings. The number of benzene rings is 2. The molecule has 1 saturated carbocycles. The Morgan fingerprint density at radius 1 is 1.03 bits per heavy atom. The number of sulfonamides is 1. The molecule has 0 saturated heterocycles. The average molecular weight is 567 g/mol. The number of alkyl halides is 3. The Morgan fingerprint density at radius 2 is 1.74 bits per heavy atom. The first-order valence-corrected chi connectivity index (χ1v) is 13.7. The fourth-order valence-electron chi connectivity index (χ4n) is 4.17. The standard InChI is InChI=1S/C25H23F5N6O2S/c1-39(37,38)36-18-11-14(10-17(27)12-18)13-31-23-33-20-7-6-19(15-2-4-16(26)5-3-15)32-21(20)22(34-23)35-24(8-9-24)25(28,29)30/h2-7,10-12,23,31,33,36H,8-9,13H2,1H3,(H,34,35). The largest absolute Gasteiger partial charge is 0.411 e. The van der Waals surface area contributed by atoms with Gasteiger partial charge in [-0.3, -0.25) is 10.0 Å². The number of hydrogen-bond donors (Lipinski definition) is 4. The molecule has 2 aromatic carbocycles. The Balaban J connectivity index is 1.43. The van der Waals surface area contributed by atoms with Gasteiger partial charge in [0, 0.05) is 12.1 Å². The normalized spacial score (nSPS) is 18.0. The molecule has 1 aliphatic carbocycles. The van der Waals surface area contributed by atoms with Crippen LogP contribution in [0.15, 0.2) is 59.6 Å². The summed E-state index contributed by atoms with van der Waals surface area (Å²) in [7, 11) is -3.63. The maximum absolute atomic E-state index is 14.1. The minimum absolute atomic E-state index is 0.00544. The fraction of sp³-hybridized carbons (Fsp3) is 0.280. The van der Waals surface area contributed by atoms with Crippen LogP contribution in [0.25, 0.3) is 11.3 Å². The fourth-order valence-corrected chi connectivity index (χ4v) is 4.71. The molecule has 39 heavy (non-hydrogen) atoms. The lowest BCUT2D eigenvalue weighted by molar-refractivity contribution is -0.161. The molecule has 2 aliphatic rings. The molecular weight excluding hydrogens is 543 g/mol. The summed E-state index contributed by atoms with van der Waals surface area (Å²) >= 11 is 0. The van der Waals surface area contributed by atoms with E-state index in [2.05, 4.69) is 30.6 Å². The van der Waals surface area contributed by atoms with E-state index < -0.39 is 39.7 Å². The van der Waals surface area contributed by atoms with Crippen molar-refractivity contribution in [3.8, 4) is 11.3 Å². The zero-order chi connectivity index (χ0) is 28.0. The van der Waals surface area contributed by atoms with Crippen molar-refractivity contribution < 1.29 is 30.4 Å². The van der Waals surface area contributed by atoms with Crippen LogP contribution in [0, 0.1) is 11.6 Å². The summed E-state index contributed by atoms with van der Waals surface area (Å²) in [4.78, 5) is 8.90. The first-order chi connectivity index (χ1) is 18.3. The SMILES string of the molecule is CS(=O)(=O)Nc1cc(F)cc(CNC2N=C(NC3(C(F)(F)F)CC3)c3nc(-c4ccc(F)cc4)ccc3N2)c1. The van der Waals surface area contributed by atoms with Crippen LogP contribution in [0.1, 0.15) is 24.1 Å². The van der Waals surface area contributed by atoms with E-state index in [1.807, 2.05) is 0 Å². The van der Waals surface area contributed by atoms with Crippen LogP contribution < -0.4 is 20.7 Å². The highest BCUT2D eigenvalue weighted by atomic mass is 32.2. The molecule has 2 heterocycles. The van der Waals surface area contributed by atoms with E-state index in [-0.39, 0.29) is 36.6 Å². The van der Waals surface area contributed by atoms with Gasteiger partial charge in [0.15, 0.2) is 12.1 Å². The van der Waals surface area contributed by atoms with Gasteiger partial charge in [0.05, 0.1) is 23.3 Å². The van der Waals surface area contributed by atoms with Crippen LogP contribution in [0.4, 0.5) is 33.3 Å². The van der Waals surface area contributed by atoms with Gasteiger partial charge in [-0.05, 0) is 73.0 Å². The molecule has 1 aliphatic heterocycles. The number of aromatic nitrogens is 1. The summed E-state index contributed by atoms with van der Waals surface area (Å²) in [6, 6.07) is 12.5. The predicted molar refractivity (Wildman–Crippen MR) is 136 cm³/mol. The Bertz CT molecular complexity index is 1540. The molecule has 3 aromatic rings. The van der Waals surface area contributed by atoms with Crippen molar-refractivity contribution in [1.82, 2.24) is 15.6 Å². The molecule has 14 heteroatoms. The van der Waals surface area contributed by atoms with Crippen molar-refractivity contribution in [1.29, 1.82) is 0 Å². The Hall–Kier alpha value is -3.78. The van der Waals surface area contributed by atoms with Crippen LogP contribution in [0.5, 0.6) is 0 Å². The number of pyridine rings is 1. The Morgan fingerprint density at radius 3 is 2.38 bits per heavy atom. The number of nitrogens with one attached hydrogen (secondary N) is 4. The van der Waals surface area contributed by atoms with Crippen LogP contribution in [0.3, 0.4) is 0 Å². The van der Waals surface area contributed by atoms with E-state index in [1.54, 1.807) is 12.1 Å². The van der Waals surface area contributed by atoms with Crippen molar-refractivity contribution in [3.63, 3.8) is 0 Å². The van der Waals surface area contributed by atoms with Crippen LogP contribution in [-0.4, -0.2) is 43.5 Å². The van der Waals surface area contributed by atoms with Gasteiger partial charge in [-0.15, -0.1) is 0 Å². The molecule has 0 spiro atoms. The summed E-state index contributed by atoms with van der Waals surface area (Å²) < 4.78 is 94.0. The number of aliphatic imine (C=N–C) groups is 1. The highest BCUT2D eigenvalue weighted by Gasteiger charge is 2.64. The summed E-state index contributed by atoms with van der Waals surface area (Å²) in [6.45, 7) is 0.00544. The monoisotopic (exact) mass is 566 g/mol. The molecule has 0 bridgehead atoms. The average Bonchev–Trinajstić information content (AvgIpc) is 3.63. The van der Waals surface area contributed by atoms with Crippen LogP contribution in [-0.2, 0) is 16.6 Å². The Labute approximate surface area is 220 Å². The smallest absolute Gasteiger partial charge is 0.355 e. The molecule has 0 amide bonds. The van der Waals surface area contributed by atoms with Crippen LogP contribution >= 0.6 is 0 Å². The zero-order valence-corrected chi connectivity index (χ0v) is 21.2. The first-order valence-electron chi connectivity index (χ1n) is 11.8. The topological polar surface area (TPSA) is 108 Å². The summed E-state index contributed by atoms with van der Waals surface area (Å²) in [6.07, 6.45) is -4.73. The summed E-state index contributed by atoms with van der Waals surface area (Å²) in [5.41, 5.74) is -0.173. The number of hydrogen-bond acceptors (Lipinski definition) is 7. The number of amidine groups is 1. The highest BCUT2D eigenvalue weighted by molar-refractivity contribution is 7.92. The molecule has 8 nitrogen and oxygen atoms in total. The molecule has 5 rings (SSSR count). The van der Waals surface area contributed by atoms with Crippen molar-refractivity contribution in [2.45, 2.75) is 37.4 Å². The van der Waals surface area contributed by atoms with Crippen molar-refractivity contribution in [2.24, 2.45) is 4.99 Å². The van der Waals surface area contributed by atoms with Gasteiger partial charge in [0.25, 0.3) is 0 Å². The molecule has 0 radical (unpaired) electrons. The van der Waals surface area contributed by atoms with Crippen molar-refractivity contribution in [2.75, 3.05) is 16.3 Å². The molecule has 1 atom stereocenters. The first kappa shape index (κ1) is 26.8. The van der Waals surface area contributed by atoms with Gasteiger partial charge in [0.2, 0.25) is 10.0 Å². The van der Waals surface area contributed by atoms with Gasteiger partial charge in [-0.2, -0.15) is 13.2 Å². The summed E-state index contributed by atoms with van der Waals surface area (Å²) in [5, 5.41) is 8.59. The number of anilines is 2. The van der Waals surface area contributed by atoms with E-state index in [4.69, 9.17) is 0 Å². The lowest BCUT2D eigenvalue weighted by Gasteiger charge is -2.29. The van der Waals surface area contributed by atoms with Gasteiger partial charge in [0.1, 0.15) is 22.9 Å². The second-order valence-electron chi connectivity index (χ2n) is 9.43. The second-order valence-corrected chi connectivity index (χ2v) is 11.2. The number of rotatable bonds is 7. The molecule has 206 valence electrons. The third-order valence-corrected chi connectivity index (χ3v) is 6.83. The van der Waals surface area contributed by atoms with E-state index in [1.165, 1.54) is 36.4 Å². The zero-order valence-electron chi connectivity index (χ0n) is 20.4. The minimum atomic E-state index is -4.51. The van der Waals surface area contributed by atoms with Crippen molar-refractivity contribution >= 4 is 27.2 Å². The van der Waals surface area contributed by atoms with E-state index >= 15 is 0 Å². The molecule has 1 aromatic heterocycles. The Kier molecular flexibility index (Phi) is 6.71. The van der Waals surface area contributed by atoms with Gasteiger partial charge >= 0.3 is 6.18 Å². The number of halogens is 5. The van der Waals surface area contributed by atoms with Gasteiger partial charge in [-0.25, -0.2) is 27.2 Å². The van der Waals surface area contributed by atoms with E-state index in [0.717, 1.165) is 12.3 Å². The highest BCUT2D eigenvalue weighted by Crippen LogP contribution is 2.49. The molecule has 4 N–H and O–H groups in total. The quantitative estimate of drug-likeness (QED) is 0.317. The van der Waals surface area contributed by atoms with E-state index in [0.29, 0.717) is 22.5 Å². The second kappa shape index (κ2) is 9.75.